The molecular weight excluding hydrogens is 296 g/mol. The first-order chi connectivity index (χ1) is 8.67. The number of methoxy groups -OCH3 is 1. The molecule has 0 fully saturated rings. The highest BCUT2D eigenvalue weighted by Crippen LogP contribution is 2.40. The molecular formula is C14H17BrO3. The molecule has 2 atom stereocenters. The molecule has 0 aliphatic heterocycles. The van der Waals surface area contributed by atoms with E-state index < -0.39 is 0 Å². The van der Waals surface area contributed by atoms with Crippen LogP contribution in [0.3, 0.4) is 0 Å². The minimum absolute atomic E-state index is 0.175. The van der Waals surface area contributed by atoms with Gasteiger partial charge >= 0.3 is 5.97 Å². The van der Waals surface area contributed by atoms with E-state index in [0.29, 0.717) is 6.61 Å². The maximum absolute atomic E-state index is 11.8. The van der Waals surface area contributed by atoms with Gasteiger partial charge in [0.25, 0.3) is 0 Å². The summed E-state index contributed by atoms with van der Waals surface area (Å²) in [6, 6.07) is 6.06. The average molecular weight is 313 g/mol. The number of carbonyl (C=O) groups is 1. The molecule has 0 saturated heterocycles. The minimum atomic E-state index is -0.257. The summed E-state index contributed by atoms with van der Waals surface area (Å²) in [7, 11) is 1.67. The third kappa shape index (κ3) is 2.53. The zero-order valence-electron chi connectivity index (χ0n) is 10.6. The molecule has 0 N–H and O–H groups in total. The first-order valence-electron chi connectivity index (χ1n) is 6.15. The Morgan fingerprint density at radius 1 is 1.56 bits per heavy atom. The van der Waals surface area contributed by atoms with Gasteiger partial charge in [-0.3, -0.25) is 4.79 Å². The van der Waals surface area contributed by atoms with E-state index in [1.165, 1.54) is 11.1 Å². The van der Waals surface area contributed by atoms with Gasteiger partial charge in [-0.2, -0.15) is 0 Å². The minimum Gasteiger partial charge on any atom is -0.497 e. The molecule has 0 bridgehead atoms. The maximum Gasteiger partial charge on any atom is 0.320 e. The van der Waals surface area contributed by atoms with Crippen LogP contribution in [0.5, 0.6) is 5.75 Å². The fourth-order valence-corrected chi connectivity index (χ4v) is 3.13. The normalized spacial score (nSPS) is 19.2. The molecule has 1 aromatic carbocycles. The van der Waals surface area contributed by atoms with E-state index >= 15 is 0 Å². The number of halogens is 1. The highest BCUT2D eigenvalue weighted by atomic mass is 79.9. The Morgan fingerprint density at radius 2 is 2.33 bits per heavy atom. The maximum atomic E-state index is 11.8. The second-order valence-corrected chi connectivity index (χ2v) is 5.35. The Morgan fingerprint density at radius 3 is 3.00 bits per heavy atom. The van der Waals surface area contributed by atoms with E-state index in [1.807, 2.05) is 13.0 Å². The van der Waals surface area contributed by atoms with Crippen molar-refractivity contribution in [3.05, 3.63) is 29.3 Å². The van der Waals surface area contributed by atoms with Crippen molar-refractivity contribution in [2.24, 2.45) is 0 Å². The summed E-state index contributed by atoms with van der Waals surface area (Å²) in [5, 5.41) is 0. The summed E-state index contributed by atoms with van der Waals surface area (Å²) in [6.45, 7) is 2.24. The van der Waals surface area contributed by atoms with Gasteiger partial charge in [-0.1, -0.05) is 22.0 Å². The van der Waals surface area contributed by atoms with Crippen LogP contribution in [0.25, 0.3) is 0 Å². The van der Waals surface area contributed by atoms with Crippen molar-refractivity contribution in [3.63, 3.8) is 0 Å². The lowest BCUT2D eigenvalue weighted by atomic mass is 9.98. The molecule has 0 amide bonds. The number of carbonyl (C=O) groups excluding carboxylic acids is 1. The van der Waals surface area contributed by atoms with E-state index in [-0.39, 0.29) is 16.7 Å². The van der Waals surface area contributed by atoms with Gasteiger partial charge in [-0.05, 0) is 43.0 Å². The SMILES string of the molecule is CCOC(=O)C(Br)[C@@H]1CCc2cc(OC)ccc21. The van der Waals surface area contributed by atoms with Crippen LogP contribution < -0.4 is 4.74 Å². The Bertz CT molecular complexity index is 445. The molecule has 1 aliphatic rings. The molecule has 3 nitrogen and oxygen atoms in total. The first-order valence-corrected chi connectivity index (χ1v) is 7.06. The van der Waals surface area contributed by atoms with Crippen LogP contribution in [-0.4, -0.2) is 24.5 Å². The number of fused-ring (bicyclic) bond motifs is 1. The zero-order chi connectivity index (χ0) is 13.1. The summed E-state index contributed by atoms with van der Waals surface area (Å²) in [4.78, 5) is 11.5. The molecule has 0 radical (unpaired) electrons. The van der Waals surface area contributed by atoms with E-state index in [9.17, 15) is 4.79 Å². The molecule has 1 unspecified atom stereocenters. The van der Waals surface area contributed by atoms with Crippen molar-refractivity contribution in [2.75, 3.05) is 13.7 Å². The number of benzene rings is 1. The number of aryl methyl sites for hydroxylation is 1. The van der Waals surface area contributed by atoms with Crippen molar-refractivity contribution in [2.45, 2.75) is 30.5 Å². The predicted octanol–water partition coefficient (Wildman–Crippen LogP) is 3.05. The van der Waals surface area contributed by atoms with Crippen molar-refractivity contribution >= 4 is 21.9 Å². The van der Waals surface area contributed by atoms with Crippen LogP contribution in [0.2, 0.25) is 0 Å². The number of alkyl halides is 1. The number of hydrogen-bond donors (Lipinski definition) is 0. The topological polar surface area (TPSA) is 35.5 Å². The van der Waals surface area contributed by atoms with E-state index in [1.54, 1.807) is 7.11 Å². The third-order valence-electron chi connectivity index (χ3n) is 3.34. The molecule has 1 aromatic rings. The smallest absolute Gasteiger partial charge is 0.320 e. The number of esters is 1. The Hall–Kier alpha value is -1.03. The summed E-state index contributed by atoms with van der Waals surface area (Å²) in [6.07, 6.45) is 1.95. The fraction of sp³-hybridized carbons (Fsp3) is 0.500. The lowest BCUT2D eigenvalue weighted by Crippen LogP contribution is -2.23. The van der Waals surface area contributed by atoms with Gasteiger partial charge in [0.1, 0.15) is 10.6 Å². The summed E-state index contributed by atoms with van der Waals surface area (Å²) < 4.78 is 10.3. The van der Waals surface area contributed by atoms with Crippen LogP contribution in [-0.2, 0) is 16.0 Å². The Kier molecular flexibility index (Phi) is 4.27. The van der Waals surface area contributed by atoms with Crippen molar-refractivity contribution in [1.29, 1.82) is 0 Å². The van der Waals surface area contributed by atoms with Crippen LogP contribution in [0.4, 0.5) is 0 Å². The highest BCUT2D eigenvalue weighted by Gasteiger charge is 2.33. The van der Waals surface area contributed by atoms with Gasteiger partial charge in [0.05, 0.1) is 13.7 Å². The van der Waals surface area contributed by atoms with E-state index in [4.69, 9.17) is 9.47 Å². The van der Waals surface area contributed by atoms with Crippen LogP contribution >= 0.6 is 15.9 Å². The zero-order valence-corrected chi connectivity index (χ0v) is 12.2. The van der Waals surface area contributed by atoms with Gasteiger partial charge < -0.3 is 9.47 Å². The summed E-state index contributed by atoms with van der Waals surface area (Å²) >= 11 is 3.47. The van der Waals surface area contributed by atoms with Gasteiger partial charge in [-0.15, -0.1) is 0 Å². The second-order valence-electron chi connectivity index (χ2n) is 4.36. The van der Waals surface area contributed by atoms with Crippen LogP contribution in [0.1, 0.15) is 30.4 Å². The third-order valence-corrected chi connectivity index (χ3v) is 4.35. The number of ether oxygens (including phenoxy) is 2. The van der Waals surface area contributed by atoms with Crippen LogP contribution in [0, 0.1) is 0 Å². The summed E-state index contributed by atoms with van der Waals surface area (Å²) in [5.41, 5.74) is 2.50. The van der Waals surface area contributed by atoms with Crippen LogP contribution in [0.15, 0.2) is 18.2 Å². The van der Waals surface area contributed by atoms with E-state index in [2.05, 4.69) is 28.1 Å². The van der Waals surface area contributed by atoms with Gasteiger partial charge in [-0.25, -0.2) is 0 Å². The lowest BCUT2D eigenvalue weighted by molar-refractivity contribution is -0.142. The highest BCUT2D eigenvalue weighted by molar-refractivity contribution is 9.10. The predicted molar refractivity (Wildman–Crippen MR) is 73.4 cm³/mol. The monoisotopic (exact) mass is 312 g/mol. The largest absolute Gasteiger partial charge is 0.497 e. The average Bonchev–Trinajstić information content (AvgIpc) is 2.80. The molecule has 0 saturated carbocycles. The standard InChI is InChI=1S/C14H17BrO3/c1-3-18-14(16)13(15)12-6-4-9-8-10(17-2)5-7-11(9)12/h5,7-8,12-13H,3-4,6H2,1-2H3/t12-,13?/m1/s1. The Labute approximate surface area is 116 Å². The Balaban J connectivity index is 2.18. The fourth-order valence-electron chi connectivity index (χ4n) is 2.44. The first kappa shape index (κ1) is 13.4. The number of hydrogen-bond acceptors (Lipinski definition) is 3. The molecule has 0 heterocycles. The molecule has 4 heteroatoms. The lowest BCUT2D eigenvalue weighted by Gasteiger charge is -2.17. The van der Waals surface area contributed by atoms with Crippen molar-refractivity contribution < 1.29 is 14.3 Å². The molecule has 1 aliphatic carbocycles. The molecule has 2 rings (SSSR count). The van der Waals surface area contributed by atoms with Gasteiger partial charge in [0, 0.05) is 5.92 Å². The van der Waals surface area contributed by atoms with Gasteiger partial charge in [0.15, 0.2) is 0 Å². The van der Waals surface area contributed by atoms with Crippen molar-refractivity contribution in [3.8, 4) is 5.75 Å². The van der Waals surface area contributed by atoms with Crippen molar-refractivity contribution in [1.82, 2.24) is 0 Å². The molecule has 98 valence electrons. The molecule has 18 heavy (non-hydrogen) atoms. The quantitative estimate of drug-likeness (QED) is 0.633. The number of rotatable bonds is 4. The van der Waals surface area contributed by atoms with Gasteiger partial charge in [0.2, 0.25) is 0 Å². The van der Waals surface area contributed by atoms with E-state index in [0.717, 1.165) is 18.6 Å². The second kappa shape index (κ2) is 5.74. The molecule has 0 spiro atoms. The summed E-state index contributed by atoms with van der Waals surface area (Å²) in [5.74, 6) is 0.896. The molecule has 0 aromatic heterocycles.